The molecule has 2 aromatic heterocycles. The maximum Gasteiger partial charge on any atom is 0.233 e. The van der Waals surface area contributed by atoms with E-state index in [2.05, 4.69) is 16.9 Å². The minimum atomic E-state index is -3.02. The van der Waals surface area contributed by atoms with Crippen LogP contribution in [-0.2, 0) is 27.5 Å². The quantitative estimate of drug-likeness (QED) is 0.573. The number of sulfone groups is 1. The van der Waals surface area contributed by atoms with Crippen molar-refractivity contribution in [3.8, 4) is 0 Å². The van der Waals surface area contributed by atoms with Crippen molar-refractivity contribution in [3.05, 3.63) is 10.4 Å². The van der Waals surface area contributed by atoms with Gasteiger partial charge in [0.15, 0.2) is 15.0 Å². The van der Waals surface area contributed by atoms with Gasteiger partial charge in [-0.1, -0.05) is 18.7 Å². The first-order valence-electron chi connectivity index (χ1n) is 9.40. The predicted octanol–water partition coefficient (Wildman–Crippen LogP) is 2.14. The Bertz CT molecular complexity index is 1030. The highest BCUT2D eigenvalue weighted by Crippen LogP contribution is 2.39. The number of hydrogen-bond donors (Lipinski definition) is 1. The van der Waals surface area contributed by atoms with Gasteiger partial charge in [0, 0.05) is 18.0 Å². The van der Waals surface area contributed by atoms with E-state index >= 15 is 0 Å². The molecule has 1 fully saturated rings. The third-order valence-electron chi connectivity index (χ3n) is 5.64. The fourth-order valence-corrected chi connectivity index (χ4v) is 7.92. The van der Waals surface area contributed by atoms with Crippen LogP contribution in [0.5, 0.6) is 0 Å². The van der Waals surface area contributed by atoms with E-state index in [1.165, 1.54) is 22.2 Å². The Labute approximate surface area is 173 Å². The Morgan fingerprint density at radius 3 is 2.86 bits per heavy atom. The number of hydrogen-bond acceptors (Lipinski definition) is 8. The topological polar surface area (TPSA) is 106 Å². The normalized spacial score (nSPS) is 23.6. The zero-order chi connectivity index (χ0) is 20.1. The summed E-state index contributed by atoms with van der Waals surface area (Å²) in [5.74, 6) is 1.42. The summed E-state index contributed by atoms with van der Waals surface area (Å²) in [4.78, 5) is 25.4. The number of amides is 1. The monoisotopic (exact) mass is 440 g/mol. The van der Waals surface area contributed by atoms with Crippen molar-refractivity contribution in [1.29, 1.82) is 0 Å². The van der Waals surface area contributed by atoms with E-state index in [1.807, 2.05) is 0 Å². The van der Waals surface area contributed by atoms with Crippen molar-refractivity contribution in [2.75, 3.05) is 30.0 Å². The summed E-state index contributed by atoms with van der Waals surface area (Å²) in [6.45, 7) is 2.27. The number of carbonyl (C=O) groups is 1. The highest BCUT2D eigenvalue weighted by atomic mass is 32.2. The number of nitrogen functional groups attached to an aromatic ring is 1. The van der Waals surface area contributed by atoms with Gasteiger partial charge >= 0.3 is 0 Å². The molecule has 7 nitrogen and oxygen atoms in total. The van der Waals surface area contributed by atoms with Crippen LogP contribution in [0.4, 0.5) is 5.82 Å². The first-order valence-corrected chi connectivity index (χ1v) is 13.0. The molecule has 0 saturated carbocycles. The van der Waals surface area contributed by atoms with Crippen molar-refractivity contribution in [3.63, 3.8) is 0 Å². The van der Waals surface area contributed by atoms with E-state index in [4.69, 9.17) is 5.73 Å². The second-order valence-electron chi connectivity index (χ2n) is 7.77. The van der Waals surface area contributed by atoms with Crippen LogP contribution in [0, 0.1) is 5.92 Å². The second-order valence-corrected chi connectivity index (χ2v) is 12.0. The lowest BCUT2D eigenvalue weighted by atomic mass is 9.89. The molecule has 2 N–H and O–H groups in total. The number of thioether (sulfide) groups is 1. The third kappa shape index (κ3) is 3.86. The van der Waals surface area contributed by atoms with Crippen molar-refractivity contribution >= 4 is 54.9 Å². The highest BCUT2D eigenvalue weighted by Gasteiger charge is 2.32. The predicted molar refractivity (Wildman–Crippen MR) is 114 cm³/mol. The molecule has 1 saturated heterocycles. The molecule has 1 aliphatic carbocycles. The van der Waals surface area contributed by atoms with Gasteiger partial charge in [0.2, 0.25) is 5.91 Å². The van der Waals surface area contributed by atoms with Crippen LogP contribution in [0.3, 0.4) is 0 Å². The molecule has 2 unspecified atom stereocenters. The van der Waals surface area contributed by atoms with Crippen LogP contribution in [0.2, 0.25) is 0 Å². The minimum absolute atomic E-state index is 0.0501. The van der Waals surface area contributed by atoms with Crippen LogP contribution in [-0.4, -0.2) is 59.5 Å². The van der Waals surface area contributed by atoms with Crippen molar-refractivity contribution < 1.29 is 13.2 Å². The number of nitrogens with two attached hydrogens (primary N) is 1. The lowest BCUT2D eigenvalue weighted by Gasteiger charge is -2.23. The molecule has 0 aromatic carbocycles. The van der Waals surface area contributed by atoms with Gasteiger partial charge in [-0.25, -0.2) is 18.4 Å². The lowest BCUT2D eigenvalue weighted by molar-refractivity contribution is -0.128. The minimum Gasteiger partial charge on any atom is -0.383 e. The fourth-order valence-electron chi connectivity index (χ4n) is 3.93. The summed E-state index contributed by atoms with van der Waals surface area (Å²) in [7, 11) is -1.35. The summed E-state index contributed by atoms with van der Waals surface area (Å²) < 4.78 is 23.3. The molecule has 2 atom stereocenters. The van der Waals surface area contributed by atoms with Crippen molar-refractivity contribution in [1.82, 2.24) is 14.9 Å². The van der Waals surface area contributed by atoms with Gasteiger partial charge in [-0.15, -0.1) is 11.3 Å². The van der Waals surface area contributed by atoms with Gasteiger partial charge in [-0.05, 0) is 37.2 Å². The summed E-state index contributed by atoms with van der Waals surface area (Å²) in [6.07, 6.45) is 3.74. The van der Waals surface area contributed by atoms with Gasteiger partial charge in [-0.3, -0.25) is 4.79 Å². The molecule has 28 heavy (non-hydrogen) atoms. The molecular formula is C18H24N4O3S3. The van der Waals surface area contributed by atoms with Crippen molar-refractivity contribution in [2.24, 2.45) is 5.92 Å². The first kappa shape index (κ1) is 19.9. The van der Waals surface area contributed by atoms with E-state index in [9.17, 15) is 13.2 Å². The second kappa shape index (κ2) is 7.46. The van der Waals surface area contributed by atoms with E-state index in [0.29, 0.717) is 23.3 Å². The maximum absolute atomic E-state index is 12.5. The molecule has 0 radical (unpaired) electrons. The maximum atomic E-state index is 12.5. The first-order chi connectivity index (χ1) is 13.2. The Morgan fingerprint density at radius 2 is 2.14 bits per heavy atom. The number of nitrogens with zero attached hydrogens (tertiary/aromatic N) is 3. The lowest BCUT2D eigenvalue weighted by Crippen LogP contribution is -2.38. The number of aromatic nitrogens is 2. The summed E-state index contributed by atoms with van der Waals surface area (Å²) >= 11 is 2.94. The Kier molecular flexibility index (Phi) is 5.30. The fraction of sp³-hybridized carbons (Fsp3) is 0.611. The molecule has 2 aromatic rings. The number of carbonyl (C=O) groups excluding carboxylic acids is 1. The molecule has 152 valence electrons. The molecule has 2 aliphatic rings. The van der Waals surface area contributed by atoms with Crippen LogP contribution in [0.1, 0.15) is 30.2 Å². The Balaban J connectivity index is 1.47. The van der Waals surface area contributed by atoms with Gasteiger partial charge in [-0.2, -0.15) is 0 Å². The number of anilines is 1. The van der Waals surface area contributed by atoms with E-state index in [0.717, 1.165) is 29.5 Å². The third-order valence-corrected chi connectivity index (χ3v) is 9.37. The molecule has 1 aliphatic heterocycles. The summed E-state index contributed by atoms with van der Waals surface area (Å²) in [5.41, 5.74) is 7.53. The largest absolute Gasteiger partial charge is 0.383 e. The molecular weight excluding hydrogens is 416 g/mol. The Morgan fingerprint density at radius 1 is 1.36 bits per heavy atom. The average molecular weight is 441 g/mol. The zero-order valence-electron chi connectivity index (χ0n) is 16.0. The molecule has 4 rings (SSSR count). The van der Waals surface area contributed by atoms with Gasteiger partial charge in [0.25, 0.3) is 0 Å². The van der Waals surface area contributed by atoms with Crippen LogP contribution in [0.25, 0.3) is 10.2 Å². The number of aryl methyl sites for hydroxylation is 1. The highest BCUT2D eigenvalue weighted by molar-refractivity contribution is 7.99. The SMILES string of the molecule is CC1CCc2c(sc3nc(SCC(=O)N(C)C4CCS(=O)(=O)C4)nc(N)c23)C1. The molecule has 10 heteroatoms. The van der Waals surface area contributed by atoms with Gasteiger partial charge in [0.05, 0.1) is 22.6 Å². The standard InChI is InChI=1S/C18H24N4O3S3/c1-10-3-4-12-13(7-10)27-17-15(12)16(19)20-18(21-17)26-8-14(23)22(2)11-5-6-28(24,25)9-11/h10-11H,3-9H2,1-2H3,(H2,19,20,21). The molecule has 0 spiro atoms. The molecule has 1 amide bonds. The Hall–Kier alpha value is -1.39. The van der Waals surface area contributed by atoms with Gasteiger partial charge < -0.3 is 10.6 Å². The number of rotatable bonds is 4. The zero-order valence-corrected chi connectivity index (χ0v) is 18.4. The van der Waals surface area contributed by atoms with Crippen molar-refractivity contribution in [2.45, 2.75) is 43.8 Å². The summed E-state index contributed by atoms with van der Waals surface area (Å²) in [5, 5.41) is 1.48. The van der Waals surface area contributed by atoms with E-state index < -0.39 is 9.84 Å². The summed E-state index contributed by atoms with van der Waals surface area (Å²) in [6, 6.07) is -0.238. The van der Waals surface area contributed by atoms with Gasteiger partial charge in [0.1, 0.15) is 10.6 Å². The molecule has 0 bridgehead atoms. The van der Waals surface area contributed by atoms with Crippen LogP contribution < -0.4 is 5.73 Å². The molecule has 3 heterocycles. The van der Waals surface area contributed by atoms with E-state index in [-0.39, 0.29) is 29.2 Å². The number of thiophene rings is 1. The smallest absolute Gasteiger partial charge is 0.233 e. The van der Waals surface area contributed by atoms with Crippen LogP contribution in [0.15, 0.2) is 5.16 Å². The number of fused-ring (bicyclic) bond motifs is 3. The average Bonchev–Trinajstić information content (AvgIpc) is 3.18. The van der Waals surface area contributed by atoms with Crippen LogP contribution >= 0.6 is 23.1 Å². The van der Waals surface area contributed by atoms with E-state index in [1.54, 1.807) is 23.3 Å².